The van der Waals surface area contributed by atoms with E-state index in [0.717, 1.165) is 19.4 Å². The van der Waals surface area contributed by atoms with Crippen LogP contribution in [0.1, 0.15) is 37.7 Å². The van der Waals surface area contributed by atoms with E-state index in [-0.39, 0.29) is 58.3 Å². The van der Waals surface area contributed by atoms with Gasteiger partial charge in [-0.05, 0) is 62.7 Å². The first kappa shape index (κ1) is 26.1. The van der Waals surface area contributed by atoms with E-state index in [0.29, 0.717) is 36.8 Å². The van der Waals surface area contributed by atoms with E-state index in [4.69, 9.17) is 9.15 Å². The van der Waals surface area contributed by atoms with Crippen molar-refractivity contribution in [2.45, 2.75) is 56.3 Å². The summed E-state index contributed by atoms with van der Waals surface area (Å²) in [5.74, 6) is -0.442. The number of hydrogen-bond acceptors (Lipinski definition) is 9. The van der Waals surface area contributed by atoms with E-state index in [9.17, 15) is 19.4 Å². The highest BCUT2D eigenvalue weighted by molar-refractivity contribution is 6.00. The first-order valence-electron chi connectivity index (χ1n) is 13.9. The molecule has 1 saturated carbocycles. The first-order valence-corrected chi connectivity index (χ1v) is 13.9. The standard InChI is InChI=1S/C30H30F2N4O5/c1-16-24-23(27(38)41-25(16)20-11-19(37)10-17-4-2-5-21(32)22(17)20)26(33-14-30(39)7-8-30)35-28(34-24)40-15-29-6-3-9-36(29)13-18(31)12-29/h2,4-5,10-11,18,37,39H,3,6-9,12-15H2,1H3,(H,33,34,35)/t18-,29+/m1/s1. The maximum Gasteiger partial charge on any atom is 0.349 e. The summed E-state index contributed by atoms with van der Waals surface area (Å²) < 4.78 is 41.2. The molecule has 11 heteroatoms. The fourth-order valence-electron chi connectivity index (χ4n) is 6.44. The molecule has 0 radical (unpaired) electrons. The number of phenols is 1. The Morgan fingerprint density at radius 2 is 2.05 bits per heavy atom. The third-order valence-corrected chi connectivity index (χ3v) is 8.78. The molecule has 4 aromatic rings. The highest BCUT2D eigenvalue weighted by Crippen LogP contribution is 2.41. The van der Waals surface area contributed by atoms with Crippen LogP contribution in [-0.4, -0.2) is 68.6 Å². The van der Waals surface area contributed by atoms with Gasteiger partial charge in [-0.25, -0.2) is 13.6 Å². The second-order valence-corrected chi connectivity index (χ2v) is 11.7. The van der Waals surface area contributed by atoms with Gasteiger partial charge < -0.3 is 24.7 Å². The molecule has 2 aromatic heterocycles. The number of aromatic nitrogens is 2. The van der Waals surface area contributed by atoms with Gasteiger partial charge in [0.2, 0.25) is 0 Å². The Hall–Kier alpha value is -3.83. The van der Waals surface area contributed by atoms with Crippen LogP contribution in [-0.2, 0) is 0 Å². The van der Waals surface area contributed by atoms with Gasteiger partial charge in [-0.2, -0.15) is 9.97 Å². The van der Waals surface area contributed by atoms with Gasteiger partial charge in [0.15, 0.2) is 0 Å². The van der Waals surface area contributed by atoms with E-state index < -0.39 is 28.8 Å². The number of anilines is 1. The number of fused-ring (bicyclic) bond motifs is 3. The number of nitrogens with one attached hydrogen (secondary N) is 1. The van der Waals surface area contributed by atoms with Crippen LogP contribution in [0.4, 0.5) is 14.6 Å². The number of hydrogen-bond donors (Lipinski definition) is 3. The summed E-state index contributed by atoms with van der Waals surface area (Å²) >= 11 is 0. The lowest BCUT2D eigenvalue weighted by Gasteiger charge is -2.30. The zero-order chi connectivity index (χ0) is 28.5. The summed E-state index contributed by atoms with van der Waals surface area (Å²) in [7, 11) is 0. The zero-order valence-corrected chi connectivity index (χ0v) is 22.5. The number of aliphatic hydroxyl groups is 1. The highest BCUT2D eigenvalue weighted by atomic mass is 19.1. The Morgan fingerprint density at radius 1 is 1.22 bits per heavy atom. The van der Waals surface area contributed by atoms with Gasteiger partial charge in [-0.15, -0.1) is 0 Å². The third kappa shape index (κ3) is 4.47. The Balaban J connectivity index is 1.36. The van der Waals surface area contributed by atoms with Crippen LogP contribution in [0.2, 0.25) is 0 Å². The molecule has 1 aliphatic carbocycles. The van der Waals surface area contributed by atoms with E-state index in [1.807, 2.05) is 0 Å². The van der Waals surface area contributed by atoms with E-state index in [2.05, 4.69) is 20.2 Å². The molecule has 2 aliphatic heterocycles. The zero-order valence-electron chi connectivity index (χ0n) is 22.5. The Bertz CT molecular complexity index is 1760. The number of phenolic OH excluding ortho intramolecular Hbond substituents is 1. The number of benzene rings is 2. The van der Waals surface area contributed by atoms with Crippen molar-refractivity contribution in [2.75, 3.05) is 31.6 Å². The molecule has 3 fully saturated rings. The van der Waals surface area contributed by atoms with Crippen molar-refractivity contribution in [1.29, 1.82) is 0 Å². The minimum absolute atomic E-state index is 0.00193. The number of nitrogens with zero attached hydrogens (tertiary/aromatic N) is 3. The lowest BCUT2D eigenvalue weighted by molar-refractivity contribution is 0.107. The van der Waals surface area contributed by atoms with Crippen LogP contribution < -0.4 is 15.7 Å². The SMILES string of the molecule is Cc1c(-c2cc(O)cc3cccc(F)c23)oc(=O)c2c(NCC3(O)CC3)nc(OC[C@@]34CCCN3C[C@H](F)C4)nc12. The van der Waals surface area contributed by atoms with Crippen molar-refractivity contribution in [3.8, 4) is 23.1 Å². The van der Waals surface area contributed by atoms with Crippen LogP contribution in [0.25, 0.3) is 33.0 Å². The number of aryl methyl sites for hydroxylation is 1. The summed E-state index contributed by atoms with van der Waals surface area (Å²) in [5, 5.41) is 24.6. The summed E-state index contributed by atoms with van der Waals surface area (Å²) in [6.45, 7) is 3.24. The molecule has 3 aliphatic rings. The number of halogens is 2. The van der Waals surface area contributed by atoms with Crippen LogP contribution >= 0.6 is 0 Å². The van der Waals surface area contributed by atoms with Crippen molar-refractivity contribution in [3.63, 3.8) is 0 Å². The smallest absolute Gasteiger partial charge is 0.349 e. The lowest BCUT2D eigenvalue weighted by atomic mass is 9.95. The van der Waals surface area contributed by atoms with Crippen molar-refractivity contribution >= 4 is 27.5 Å². The molecule has 9 nitrogen and oxygen atoms in total. The normalized spacial score (nSPS) is 23.3. The molecule has 2 atom stereocenters. The van der Waals surface area contributed by atoms with Crippen LogP contribution in [0.3, 0.4) is 0 Å². The van der Waals surface area contributed by atoms with Gasteiger partial charge in [-0.3, -0.25) is 4.90 Å². The molecule has 2 aromatic carbocycles. The molecule has 7 rings (SSSR count). The molecule has 4 heterocycles. The van der Waals surface area contributed by atoms with Gasteiger partial charge in [0.05, 0.1) is 16.7 Å². The molecular formula is C30H30F2N4O5. The Labute approximate surface area is 233 Å². The van der Waals surface area contributed by atoms with Crippen LogP contribution in [0.5, 0.6) is 11.8 Å². The van der Waals surface area contributed by atoms with Crippen molar-refractivity contribution in [3.05, 3.63) is 52.1 Å². The van der Waals surface area contributed by atoms with E-state index >= 15 is 4.39 Å². The molecule has 214 valence electrons. The molecule has 0 bridgehead atoms. The van der Waals surface area contributed by atoms with Crippen LogP contribution in [0, 0.1) is 12.7 Å². The monoisotopic (exact) mass is 564 g/mol. The largest absolute Gasteiger partial charge is 0.508 e. The molecule has 0 spiro atoms. The maximum atomic E-state index is 15.0. The molecule has 41 heavy (non-hydrogen) atoms. The summed E-state index contributed by atoms with van der Waals surface area (Å²) in [6, 6.07) is 7.28. The second kappa shape index (κ2) is 9.35. The number of rotatable bonds is 7. The molecular weight excluding hydrogens is 534 g/mol. The topological polar surface area (TPSA) is 121 Å². The first-order chi connectivity index (χ1) is 19.6. The van der Waals surface area contributed by atoms with E-state index in [1.54, 1.807) is 13.0 Å². The lowest BCUT2D eigenvalue weighted by Crippen LogP contribution is -2.43. The summed E-state index contributed by atoms with van der Waals surface area (Å²) in [4.78, 5) is 24.7. The number of alkyl halides is 1. The van der Waals surface area contributed by atoms with Gasteiger partial charge >= 0.3 is 11.6 Å². The highest BCUT2D eigenvalue weighted by Gasteiger charge is 2.49. The minimum atomic E-state index is -0.917. The van der Waals surface area contributed by atoms with Gasteiger partial charge in [0.25, 0.3) is 0 Å². The van der Waals surface area contributed by atoms with Gasteiger partial charge in [0, 0.05) is 36.0 Å². The Morgan fingerprint density at radius 3 is 2.85 bits per heavy atom. The summed E-state index contributed by atoms with van der Waals surface area (Å²) in [6.07, 6.45) is 2.48. The number of aromatic hydroxyl groups is 1. The molecule has 0 unspecified atom stereocenters. The van der Waals surface area contributed by atoms with Gasteiger partial charge in [-0.1, -0.05) is 12.1 Å². The molecule has 0 amide bonds. The fourth-order valence-corrected chi connectivity index (χ4v) is 6.44. The summed E-state index contributed by atoms with van der Waals surface area (Å²) in [5.41, 5.74) is -1.22. The quantitative estimate of drug-likeness (QED) is 0.299. The van der Waals surface area contributed by atoms with Crippen molar-refractivity contribution < 1.29 is 28.1 Å². The Kier molecular flexibility index (Phi) is 5.95. The fraction of sp³-hybridized carbons (Fsp3) is 0.433. The third-order valence-electron chi connectivity index (χ3n) is 8.78. The minimum Gasteiger partial charge on any atom is -0.508 e. The molecule has 2 saturated heterocycles. The average molecular weight is 565 g/mol. The van der Waals surface area contributed by atoms with Crippen LogP contribution in [0.15, 0.2) is 39.5 Å². The van der Waals surface area contributed by atoms with E-state index in [1.165, 1.54) is 24.3 Å². The number of ether oxygens (including phenoxy) is 1. The molecule has 3 N–H and O–H groups in total. The predicted molar refractivity (Wildman–Crippen MR) is 149 cm³/mol. The predicted octanol–water partition coefficient (Wildman–Crippen LogP) is 4.45. The van der Waals surface area contributed by atoms with Crippen molar-refractivity contribution in [1.82, 2.24) is 14.9 Å². The van der Waals surface area contributed by atoms with Crippen molar-refractivity contribution in [2.24, 2.45) is 0 Å². The average Bonchev–Trinajstić information content (AvgIpc) is 3.42. The van der Waals surface area contributed by atoms with Gasteiger partial charge in [0.1, 0.15) is 41.3 Å². The maximum absolute atomic E-state index is 15.0. The second-order valence-electron chi connectivity index (χ2n) is 11.7.